The van der Waals surface area contributed by atoms with Crippen LogP contribution >= 0.6 is 0 Å². The summed E-state index contributed by atoms with van der Waals surface area (Å²) < 4.78 is 7.52. The summed E-state index contributed by atoms with van der Waals surface area (Å²) in [5.74, 6) is 6.48. The number of ether oxygens (including phenoxy) is 1. The molecule has 4 aromatic rings. The lowest BCUT2D eigenvalue weighted by Gasteiger charge is -2.30. The van der Waals surface area contributed by atoms with Gasteiger partial charge >= 0.3 is 0 Å². The Bertz CT molecular complexity index is 1500. The zero-order valence-corrected chi connectivity index (χ0v) is 19.2. The molecule has 0 bridgehead atoms. The van der Waals surface area contributed by atoms with Crippen LogP contribution in [0.1, 0.15) is 31.4 Å². The number of nitrogens with zero attached hydrogens (tertiary/aromatic N) is 4. The summed E-state index contributed by atoms with van der Waals surface area (Å²) >= 11 is 0. The van der Waals surface area contributed by atoms with Gasteiger partial charge < -0.3 is 15.4 Å². The minimum atomic E-state index is -0.365. The van der Waals surface area contributed by atoms with Gasteiger partial charge in [-0.25, -0.2) is 9.78 Å². The Morgan fingerprint density at radius 1 is 1.14 bits per heavy atom. The molecule has 0 spiro atoms. The monoisotopic (exact) mass is 468 g/mol. The van der Waals surface area contributed by atoms with Gasteiger partial charge in [-0.05, 0) is 62.1 Å². The van der Waals surface area contributed by atoms with E-state index < -0.39 is 0 Å². The first-order valence-electron chi connectivity index (χ1n) is 11.4. The molecule has 3 heterocycles. The molecule has 176 valence electrons. The number of piperidine rings is 1. The van der Waals surface area contributed by atoms with E-state index in [9.17, 15) is 9.59 Å². The van der Waals surface area contributed by atoms with E-state index in [0.717, 1.165) is 18.6 Å². The third-order valence-corrected chi connectivity index (χ3v) is 6.05. The summed E-state index contributed by atoms with van der Waals surface area (Å²) in [6.07, 6.45) is 1.58. The summed E-state index contributed by atoms with van der Waals surface area (Å²) in [5.41, 5.74) is 7.59. The first kappa shape index (κ1) is 22.2. The Morgan fingerprint density at radius 3 is 2.63 bits per heavy atom. The standard InChI is InChI=1S/C26H24N6O3/c1-2-7-21(33)31-15-6-8-17(16-31)23-22-24(25(27)28-29-26(22)34)32(30-23)18-11-13-20(14-12-18)35-19-9-4-3-5-10-19/h3-5,9-14,17H,6,8,15-16H2,1H3,(H2,27,28)(H,29,34)/t17-/m0/s1. The third kappa shape index (κ3) is 4.34. The SMILES string of the molecule is CC#CC(=O)N1CCC[C@H](c2nn(-c3ccc(Oc4ccccc4)cc3)c3c(N)n[nH]c(=O)c23)C1. The number of nitrogens with one attached hydrogen (secondary N) is 1. The van der Waals surface area contributed by atoms with Gasteiger partial charge in [-0.3, -0.25) is 9.59 Å². The molecule has 0 saturated carbocycles. The lowest BCUT2D eigenvalue weighted by atomic mass is 9.93. The number of nitrogens with two attached hydrogens (primary N) is 1. The highest BCUT2D eigenvalue weighted by Gasteiger charge is 2.30. The fourth-order valence-corrected chi connectivity index (χ4v) is 4.44. The number of carbonyl (C=O) groups excluding carboxylic acids is 1. The maximum atomic E-state index is 12.9. The lowest BCUT2D eigenvalue weighted by molar-refractivity contribution is -0.126. The van der Waals surface area contributed by atoms with Crippen molar-refractivity contribution in [2.24, 2.45) is 0 Å². The molecule has 2 aromatic heterocycles. The average Bonchev–Trinajstić information content (AvgIpc) is 3.30. The number of hydrogen-bond donors (Lipinski definition) is 2. The fourth-order valence-electron chi connectivity index (χ4n) is 4.44. The lowest BCUT2D eigenvalue weighted by Crippen LogP contribution is -2.38. The number of amides is 1. The number of nitrogen functional groups attached to an aromatic ring is 1. The molecule has 1 atom stereocenters. The Balaban J connectivity index is 1.53. The van der Waals surface area contributed by atoms with E-state index in [0.29, 0.717) is 41.1 Å². The topological polar surface area (TPSA) is 119 Å². The maximum Gasteiger partial charge on any atom is 0.298 e. The van der Waals surface area contributed by atoms with Crippen LogP contribution in [0.25, 0.3) is 16.6 Å². The number of hydrogen-bond acceptors (Lipinski definition) is 6. The van der Waals surface area contributed by atoms with Crippen molar-refractivity contribution in [1.29, 1.82) is 0 Å². The van der Waals surface area contributed by atoms with Crippen LogP contribution in [0, 0.1) is 11.8 Å². The van der Waals surface area contributed by atoms with Gasteiger partial charge in [-0.1, -0.05) is 24.1 Å². The molecule has 5 rings (SSSR count). The quantitative estimate of drug-likeness (QED) is 0.444. The summed E-state index contributed by atoms with van der Waals surface area (Å²) in [7, 11) is 0. The highest BCUT2D eigenvalue weighted by atomic mass is 16.5. The van der Waals surface area contributed by atoms with Crippen LogP contribution in [-0.4, -0.2) is 43.9 Å². The maximum absolute atomic E-state index is 12.9. The molecular formula is C26H24N6O3. The smallest absolute Gasteiger partial charge is 0.298 e. The van der Waals surface area contributed by atoms with Gasteiger partial charge in [0.15, 0.2) is 5.82 Å². The zero-order chi connectivity index (χ0) is 24.4. The second-order valence-electron chi connectivity index (χ2n) is 8.33. The van der Waals surface area contributed by atoms with E-state index in [1.807, 2.05) is 54.6 Å². The fraction of sp³-hybridized carbons (Fsp3) is 0.231. The van der Waals surface area contributed by atoms with Crippen LogP contribution < -0.4 is 16.0 Å². The molecule has 0 radical (unpaired) electrons. The van der Waals surface area contributed by atoms with Crippen molar-refractivity contribution < 1.29 is 9.53 Å². The molecule has 9 nitrogen and oxygen atoms in total. The Labute approximate surface area is 201 Å². The molecule has 1 saturated heterocycles. The van der Waals surface area contributed by atoms with Crippen molar-refractivity contribution >= 4 is 22.6 Å². The minimum Gasteiger partial charge on any atom is -0.457 e. The van der Waals surface area contributed by atoms with E-state index in [4.69, 9.17) is 15.6 Å². The highest BCUT2D eigenvalue weighted by Crippen LogP contribution is 2.33. The molecule has 1 aliphatic rings. The van der Waals surface area contributed by atoms with E-state index in [2.05, 4.69) is 22.0 Å². The van der Waals surface area contributed by atoms with Crippen molar-refractivity contribution in [3.63, 3.8) is 0 Å². The van der Waals surface area contributed by atoms with Crippen molar-refractivity contribution in [2.45, 2.75) is 25.7 Å². The second kappa shape index (κ2) is 9.35. The minimum absolute atomic E-state index is 0.126. The van der Waals surface area contributed by atoms with E-state index in [-0.39, 0.29) is 23.2 Å². The number of aromatic amines is 1. The number of benzene rings is 2. The van der Waals surface area contributed by atoms with Crippen molar-refractivity contribution in [3.05, 3.63) is 70.6 Å². The Kier molecular flexibility index (Phi) is 5.94. The number of likely N-dealkylation sites (tertiary alicyclic amines) is 1. The number of carbonyl (C=O) groups is 1. The van der Waals surface area contributed by atoms with Crippen LogP contribution in [0.5, 0.6) is 11.5 Å². The van der Waals surface area contributed by atoms with E-state index >= 15 is 0 Å². The van der Waals surface area contributed by atoms with Gasteiger partial charge in [0, 0.05) is 19.0 Å². The van der Waals surface area contributed by atoms with Gasteiger partial charge in [0.1, 0.15) is 17.0 Å². The molecule has 1 amide bonds. The van der Waals surface area contributed by atoms with Gasteiger partial charge in [-0.15, -0.1) is 0 Å². The molecule has 9 heteroatoms. The van der Waals surface area contributed by atoms with E-state index in [1.54, 1.807) is 16.5 Å². The summed E-state index contributed by atoms with van der Waals surface area (Å²) in [5, 5.41) is 11.6. The number of aromatic nitrogens is 4. The predicted molar refractivity (Wildman–Crippen MR) is 132 cm³/mol. The first-order chi connectivity index (χ1) is 17.0. The van der Waals surface area contributed by atoms with Gasteiger partial charge in [0.2, 0.25) is 0 Å². The van der Waals surface area contributed by atoms with Crippen LogP contribution in [0.3, 0.4) is 0 Å². The van der Waals surface area contributed by atoms with Gasteiger partial charge in [0.25, 0.3) is 11.5 Å². The number of rotatable bonds is 4. The molecule has 35 heavy (non-hydrogen) atoms. The summed E-state index contributed by atoms with van der Waals surface area (Å²) in [6.45, 7) is 2.71. The number of para-hydroxylation sites is 1. The summed E-state index contributed by atoms with van der Waals surface area (Å²) in [6, 6.07) is 16.9. The van der Waals surface area contributed by atoms with Crippen LogP contribution in [0.2, 0.25) is 0 Å². The molecule has 0 unspecified atom stereocenters. The molecular weight excluding hydrogens is 444 g/mol. The number of fused-ring (bicyclic) bond motifs is 1. The molecule has 2 aromatic carbocycles. The number of anilines is 1. The summed E-state index contributed by atoms with van der Waals surface area (Å²) in [4.78, 5) is 26.9. The average molecular weight is 469 g/mol. The zero-order valence-electron chi connectivity index (χ0n) is 19.2. The second-order valence-corrected chi connectivity index (χ2v) is 8.33. The highest BCUT2D eigenvalue weighted by molar-refractivity contribution is 5.94. The third-order valence-electron chi connectivity index (χ3n) is 6.05. The largest absolute Gasteiger partial charge is 0.457 e. The molecule has 0 aliphatic carbocycles. The van der Waals surface area contributed by atoms with E-state index in [1.165, 1.54) is 0 Å². The van der Waals surface area contributed by atoms with Crippen LogP contribution in [-0.2, 0) is 4.79 Å². The number of H-pyrrole nitrogens is 1. The predicted octanol–water partition coefficient (Wildman–Crippen LogP) is 3.21. The van der Waals surface area contributed by atoms with Crippen LogP contribution in [0.15, 0.2) is 59.4 Å². The molecule has 1 fully saturated rings. The Morgan fingerprint density at radius 2 is 1.89 bits per heavy atom. The first-order valence-corrected chi connectivity index (χ1v) is 11.4. The van der Waals surface area contributed by atoms with Crippen molar-refractivity contribution in [2.75, 3.05) is 18.8 Å². The van der Waals surface area contributed by atoms with Crippen molar-refractivity contribution in [1.82, 2.24) is 24.9 Å². The van der Waals surface area contributed by atoms with Gasteiger partial charge in [-0.2, -0.15) is 10.2 Å². The van der Waals surface area contributed by atoms with Gasteiger partial charge in [0.05, 0.1) is 16.8 Å². The molecule has 3 N–H and O–H groups in total. The van der Waals surface area contributed by atoms with Crippen molar-refractivity contribution in [3.8, 4) is 29.0 Å². The normalized spacial score (nSPS) is 15.5. The Hall–Kier alpha value is -4.58. The molecule has 1 aliphatic heterocycles. The van der Waals surface area contributed by atoms with Crippen LogP contribution in [0.4, 0.5) is 5.82 Å².